The van der Waals surface area contributed by atoms with Gasteiger partial charge in [-0.1, -0.05) is 19.1 Å². The number of sulfonamides is 1. The molecular weight excluding hydrogens is 249 g/mol. The highest BCUT2D eigenvalue weighted by molar-refractivity contribution is 7.89. The van der Waals surface area contributed by atoms with Crippen LogP contribution in [0, 0.1) is 5.82 Å². The molecular formula is C10H12FNO4S. The van der Waals surface area contributed by atoms with E-state index in [1.54, 1.807) is 0 Å². The Balaban J connectivity index is 3.05. The van der Waals surface area contributed by atoms with Gasteiger partial charge < -0.3 is 5.11 Å². The Morgan fingerprint density at radius 2 is 2.06 bits per heavy atom. The van der Waals surface area contributed by atoms with Crippen LogP contribution in [0.2, 0.25) is 0 Å². The maximum Gasteiger partial charge on any atom is 0.321 e. The SMILES string of the molecule is CC[C@@H](NS(=O)(=O)c1ccccc1F)C(=O)O. The Morgan fingerprint density at radius 3 is 2.53 bits per heavy atom. The molecule has 0 radical (unpaired) electrons. The minimum absolute atomic E-state index is 0.0724. The Bertz CT molecular complexity index is 515. The minimum atomic E-state index is -4.15. The zero-order chi connectivity index (χ0) is 13.1. The molecule has 0 unspecified atom stereocenters. The summed E-state index contributed by atoms with van der Waals surface area (Å²) in [5, 5.41) is 8.73. The van der Waals surface area contributed by atoms with Crippen LogP contribution < -0.4 is 4.72 Å². The third-order valence-corrected chi connectivity index (χ3v) is 3.63. The van der Waals surface area contributed by atoms with Gasteiger partial charge in [0.2, 0.25) is 10.0 Å². The van der Waals surface area contributed by atoms with Gasteiger partial charge in [0.1, 0.15) is 16.8 Å². The molecule has 0 spiro atoms. The number of carbonyl (C=O) groups is 1. The van der Waals surface area contributed by atoms with Gasteiger partial charge in [-0.3, -0.25) is 4.79 Å². The zero-order valence-electron chi connectivity index (χ0n) is 9.05. The summed E-state index contributed by atoms with van der Waals surface area (Å²) in [5.74, 6) is -2.22. The number of nitrogens with one attached hydrogen (secondary N) is 1. The molecule has 0 heterocycles. The summed E-state index contributed by atoms with van der Waals surface area (Å²) in [6, 6.07) is 3.52. The molecule has 1 aromatic carbocycles. The van der Waals surface area contributed by atoms with Gasteiger partial charge >= 0.3 is 5.97 Å². The standard InChI is InChI=1S/C10H12FNO4S/c1-2-8(10(13)14)12-17(15,16)9-6-4-3-5-7(9)11/h3-6,8,12H,2H2,1H3,(H,13,14)/t8-/m1/s1. The van der Waals surface area contributed by atoms with Gasteiger partial charge in [-0.2, -0.15) is 4.72 Å². The first-order chi connectivity index (χ1) is 7.88. The Labute approximate surface area is 98.3 Å². The van der Waals surface area contributed by atoms with Crippen molar-refractivity contribution in [2.24, 2.45) is 0 Å². The van der Waals surface area contributed by atoms with E-state index in [4.69, 9.17) is 5.11 Å². The van der Waals surface area contributed by atoms with Crippen molar-refractivity contribution < 1.29 is 22.7 Å². The summed E-state index contributed by atoms with van der Waals surface area (Å²) in [7, 11) is -4.15. The fourth-order valence-corrected chi connectivity index (χ4v) is 2.57. The van der Waals surface area contributed by atoms with Crippen LogP contribution in [0.1, 0.15) is 13.3 Å². The van der Waals surface area contributed by atoms with Crippen LogP contribution in [-0.4, -0.2) is 25.5 Å². The number of hydrogen-bond donors (Lipinski definition) is 2. The predicted molar refractivity (Wildman–Crippen MR) is 58.4 cm³/mol. The van der Waals surface area contributed by atoms with Crippen LogP contribution in [0.15, 0.2) is 29.2 Å². The summed E-state index contributed by atoms with van der Waals surface area (Å²) >= 11 is 0. The Hall–Kier alpha value is -1.47. The predicted octanol–water partition coefficient (Wildman–Crippen LogP) is 0.967. The van der Waals surface area contributed by atoms with Crippen LogP contribution in [0.5, 0.6) is 0 Å². The van der Waals surface area contributed by atoms with Crippen molar-refractivity contribution in [2.45, 2.75) is 24.3 Å². The lowest BCUT2D eigenvalue weighted by Crippen LogP contribution is -2.40. The fraction of sp³-hybridized carbons (Fsp3) is 0.300. The monoisotopic (exact) mass is 261 g/mol. The largest absolute Gasteiger partial charge is 0.480 e. The van der Waals surface area contributed by atoms with E-state index in [-0.39, 0.29) is 6.42 Å². The lowest BCUT2D eigenvalue weighted by molar-refractivity contribution is -0.139. The van der Waals surface area contributed by atoms with Gasteiger partial charge in [0.05, 0.1) is 0 Å². The molecule has 0 aliphatic heterocycles. The maximum atomic E-state index is 13.3. The molecule has 2 N–H and O–H groups in total. The van der Waals surface area contributed by atoms with Gasteiger partial charge in [0.15, 0.2) is 0 Å². The fourth-order valence-electron chi connectivity index (χ4n) is 1.22. The van der Waals surface area contributed by atoms with E-state index in [0.717, 1.165) is 12.1 Å². The number of halogens is 1. The average molecular weight is 261 g/mol. The van der Waals surface area contributed by atoms with E-state index in [1.165, 1.54) is 19.1 Å². The molecule has 0 aliphatic carbocycles. The molecule has 0 saturated carbocycles. The molecule has 1 rings (SSSR count). The summed E-state index contributed by atoms with van der Waals surface area (Å²) in [6.07, 6.45) is 0.0724. The molecule has 0 fully saturated rings. The summed E-state index contributed by atoms with van der Waals surface area (Å²) in [6.45, 7) is 1.52. The first-order valence-corrected chi connectivity index (χ1v) is 6.36. The molecule has 0 amide bonds. The van der Waals surface area contributed by atoms with Crippen molar-refractivity contribution in [2.75, 3.05) is 0 Å². The number of hydrogen-bond acceptors (Lipinski definition) is 3. The zero-order valence-corrected chi connectivity index (χ0v) is 9.87. The average Bonchev–Trinajstić information content (AvgIpc) is 2.26. The van der Waals surface area contributed by atoms with E-state index in [0.29, 0.717) is 0 Å². The molecule has 0 saturated heterocycles. The highest BCUT2D eigenvalue weighted by Crippen LogP contribution is 2.14. The highest BCUT2D eigenvalue weighted by Gasteiger charge is 2.25. The minimum Gasteiger partial charge on any atom is -0.480 e. The number of carboxylic acid groups (broad SMARTS) is 1. The molecule has 1 atom stereocenters. The van der Waals surface area contributed by atoms with Gasteiger partial charge in [-0.25, -0.2) is 12.8 Å². The van der Waals surface area contributed by atoms with Gasteiger partial charge in [-0.05, 0) is 18.6 Å². The number of aliphatic carboxylic acids is 1. The first-order valence-electron chi connectivity index (χ1n) is 4.88. The maximum absolute atomic E-state index is 13.3. The summed E-state index contributed by atoms with van der Waals surface area (Å²) in [5.41, 5.74) is 0. The van der Waals surface area contributed by atoms with E-state index in [9.17, 15) is 17.6 Å². The lowest BCUT2D eigenvalue weighted by Gasteiger charge is -2.12. The Morgan fingerprint density at radius 1 is 1.47 bits per heavy atom. The van der Waals surface area contributed by atoms with Gasteiger partial charge in [-0.15, -0.1) is 0 Å². The normalized spacial score (nSPS) is 13.3. The number of benzene rings is 1. The lowest BCUT2D eigenvalue weighted by atomic mass is 10.2. The quantitative estimate of drug-likeness (QED) is 0.827. The molecule has 0 bridgehead atoms. The smallest absolute Gasteiger partial charge is 0.321 e. The van der Waals surface area contributed by atoms with E-state index >= 15 is 0 Å². The van der Waals surface area contributed by atoms with Crippen LogP contribution in [0.4, 0.5) is 4.39 Å². The molecule has 94 valence electrons. The van der Waals surface area contributed by atoms with Crippen molar-refractivity contribution in [3.63, 3.8) is 0 Å². The Kier molecular flexibility index (Phi) is 4.19. The molecule has 0 aliphatic rings. The van der Waals surface area contributed by atoms with E-state index in [1.807, 2.05) is 4.72 Å². The van der Waals surface area contributed by atoms with E-state index in [2.05, 4.69) is 0 Å². The third-order valence-electron chi connectivity index (χ3n) is 2.13. The summed E-state index contributed by atoms with van der Waals surface area (Å²) in [4.78, 5) is 10.1. The van der Waals surface area contributed by atoms with Gasteiger partial charge in [0.25, 0.3) is 0 Å². The van der Waals surface area contributed by atoms with Crippen molar-refractivity contribution in [1.29, 1.82) is 0 Å². The summed E-state index contributed by atoms with van der Waals surface area (Å²) < 4.78 is 38.6. The second-order valence-electron chi connectivity index (χ2n) is 3.35. The van der Waals surface area contributed by atoms with Crippen molar-refractivity contribution in [3.8, 4) is 0 Å². The van der Waals surface area contributed by atoms with Crippen molar-refractivity contribution in [3.05, 3.63) is 30.1 Å². The first kappa shape index (κ1) is 13.6. The van der Waals surface area contributed by atoms with E-state index < -0.39 is 32.7 Å². The van der Waals surface area contributed by atoms with Crippen LogP contribution in [0.25, 0.3) is 0 Å². The van der Waals surface area contributed by atoms with Gasteiger partial charge in [0, 0.05) is 0 Å². The third kappa shape index (κ3) is 3.24. The molecule has 7 heteroatoms. The number of carboxylic acids is 1. The molecule has 5 nitrogen and oxygen atoms in total. The van der Waals surface area contributed by atoms with Crippen LogP contribution >= 0.6 is 0 Å². The molecule has 0 aromatic heterocycles. The van der Waals surface area contributed by atoms with Crippen molar-refractivity contribution >= 4 is 16.0 Å². The van der Waals surface area contributed by atoms with Crippen LogP contribution in [0.3, 0.4) is 0 Å². The number of rotatable bonds is 5. The van der Waals surface area contributed by atoms with Crippen LogP contribution in [-0.2, 0) is 14.8 Å². The second-order valence-corrected chi connectivity index (χ2v) is 5.03. The van der Waals surface area contributed by atoms with Crippen molar-refractivity contribution in [1.82, 2.24) is 4.72 Å². The second kappa shape index (κ2) is 5.24. The molecule has 17 heavy (non-hydrogen) atoms. The highest BCUT2D eigenvalue weighted by atomic mass is 32.2. The molecule has 1 aromatic rings. The topological polar surface area (TPSA) is 83.5 Å².